The van der Waals surface area contributed by atoms with E-state index in [0.717, 1.165) is 0 Å². The van der Waals surface area contributed by atoms with Crippen LogP contribution < -0.4 is 20.7 Å². The summed E-state index contributed by atoms with van der Waals surface area (Å²) in [6.45, 7) is 4.14. The Morgan fingerprint density at radius 2 is 1.59 bits per heavy atom. The lowest BCUT2D eigenvalue weighted by atomic mass is 10.1. The molecule has 4 rings (SSSR count). The van der Waals surface area contributed by atoms with Crippen LogP contribution in [0.15, 0.2) is 108 Å². The van der Waals surface area contributed by atoms with Crippen molar-refractivity contribution in [1.29, 1.82) is 0 Å². The summed E-state index contributed by atoms with van der Waals surface area (Å²) in [4.78, 5) is 51.9. The maximum absolute atomic E-state index is 13.6. The summed E-state index contributed by atoms with van der Waals surface area (Å²) < 4.78 is 5.71. The third-order valence-corrected chi connectivity index (χ3v) is 8.23. The molecule has 0 heterocycles. The Kier molecular flexibility index (Phi) is 12.0. The molecule has 0 aliphatic carbocycles. The average molecular weight is 658 g/mol. The number of halogens is 1. The number of amides is 3. The summed E-state index contributed by atoms with van der Waals surface area (Å²) in [7, 11) is 0. The Balaban J connectivity index is 1.53. The van der Waals surface area contributed by atoms with Gasteiger partial charge in [0.2, 0.25) is 5.91 Å². The molecule has 1 unspecified atom stereocenters. The zero-order valence-electron chi connectivity index (χ0n) is 25.1. The predicted molar refractivity (Wildman–Crippen MR) is 182 cm³/mol. The molecule has 0 aromatic heterocycles. The van der Waals surface area contributed by atoms with Crippen LogP contribution in [-0.2, 0) is 9.59 Å². The van der Waals surface area contributed by atoms with E-state index in [-0.39, 0.29) is 22.2 Å². The van der Waals surface area contributed by atoms with E-state index in [4.69, 9.17) is 16.3 Å². The molecule has 4 aromatic rings. The lowest BCUT2D eigenvalue weighted by molar-refractivity contribution is -0.116. The number of carbonyl (C=O) groups is 4. The van der Waals surface area contributed by atoms with Crippen molar-refractivity contribution in [2.24, 2.45) is 0 Å². The second-order valence-electron chi connectivity index (χ2n) is 9.83. The number of aromatic carboxylic acids is 1. The second kappa shape index (κ2) is 16.3. The Labute approximate surface area is 276 Å². The maximum atomic E-state index is 13.6. The number of carbonyl (C=O) groups excluding carboxylic acids is 3. The number of benzene rings is 4. The minimum atomic E-state index is -1.20. The van der Waals surface area contributed by atoms with Gasteiger partial charge in [0.15, 0.2) is 0 Å². The lowest BCUT2D eigenvalue weighted by Crippen LogP contribution is -2.30. The molecule has 11 heteroatoms. The van der Waals surface area contributed by atoms with Crippen LogP contribution in [0.2, 0.25) is 5.02 Å². The van der Waals surface area contributed by atoms with Crippen molar-refractivity contribution in [3.8, 4) is 5.75 Å². The fourth-order valence-corrected chi connectivity index (χ4v) is 5.52. The number of carboxylic acids is 1. The van der Waals surface area contributed by atoms with E-state index in [1.807, 2.05) is 32.0 Å². The zero-order valence-corrected chi connectivity index (χ0v) is 26.7. The average Bonchev–Trinajstić information content (AvgIpc) is 3.05. The standard InChI is InChI=1S/C35H32ClN3O6S/c1-3-31(34(42)38-25-17-18-28(36)27(21-25)35(43)44)46-26-15-10-14-24(20-26)37-33(41)29(39-32(40)22-11-6-5-7-12-22)19-23-13-8-9-16-30(23)45-4-2/h5-21,31H,3-4H2,1-2H3,(H,37,41)(H,38,42)(H,39,40)(H,43,44)/b29-19+. The molecule has 1 atom stereocenters. The fraction of sp³-hybridized carbons (Fsp3) is 0.143. The number of hydrogen-bond acceptors (Lipinski definition) is 6. The van der Waals surface area contributed by atoms with Crippen LogP contribution in [0.5, 0.6) is 5.75 Å². The number of para-hydroxylation sites is 1. The highest BCUT2D eigenvalue weighted by molar-refractivity contribution is 8.00. The molecule has 236 valence electrons. The zero-order chi connectivity index (χ0) is 33.1. The molecule has 0 fully saturated rings. The van der Waals surface area contributed by atoms with Crippen LogP contribution in [0.3, 0.4) is 0 Å². The highest BCUT2D eigenvalue weighted by Crippen LogP contribution is 2.30. The van der Waals surface area contributed by atoms with Gasteiger partial charge in [0.1, 0.15) is 11.4 Å². The fourth-order valence-electron chi connectivity index (χ4n) is 4.31. The van der Waals surface area contributed by atoms with Gasteiger partial charge >= 0.3 is 5.97 Å². The second-order valence-corrected chi connectivity index (χ2v) is 11.5. The maximum Gasteiger partial charge on any atom is 0.337 e. The van der Waals surface area contributed by atoms with Crippen molar-refractivity contribution < 1.29 is 29.0 Å². The molecule has 0 aliphatic rings. The van der Waals surface area contributed by atoms with Gasteiger partial charge in [-0.05, 0) is 74.0 Å². The SMILES string of the molecule is CCOc1ccccc1/C=C(/NC(=O)c1ccccc1)C(=O)Nc1cccc(SC(CC)C(=O)Nc2ccc(Cl)c(C(=O)O)c2)c1. The largest absolute Gasteiger partial charge is 0.493 e. The molecule has 9 nitrogen and oxygen atoms in total. The summed E-state index contributed by atoms with van der Waals surface area (Å²) in [6.07, 6.45) is 2.04. The number of thioether (sulfide) groups is 1. The van der Waals surface area contributed by atoms with Crippen molar-refractivity contribution in [2.75, 3.05) is 17.2 Å². The summed E-state index contributed by atoms with van der Waals surface area (Å²) in [5.41, 5.74) is 1.66. The van der Waals surface area contributed by atoms with Crippen LogP contribution in [0.25, 0.3) is 6.08 Å². The first-order valence-electron chi connectivity index (χ1n) is 14.4. The highest BCUT2D eigenvalue weighted by Gasteiger charge is 2.21. The van der Waals surface area contributed by atoms with E-state index < -0.39 is 23.0 Å². The molecular weight excluding hydrogens is 626 g/mol. The number of anilines is 2. The van der Waals surface area contributed by atoms with Crippen LogP contribution >= 0.6 is 23.4 Å². The molecule has 4 aromatic carbocycles. The topological polar surface area (TPSA) is 134 Å². The van der Waals surface area contributed by atoms with Crippen molar-refractivity contribution in [3.63, 3.8) is 0 Å². The van der Waals surface area contributed by atoms with E-state index in [1.165, 1.54) is 30.0 Å². The number of rotatable bonds is 13. The van der Waals surface area contributed by atoms with E-state index >= 15 is 0 Å². The number of nitrogens with one attached hydrogen (secondary N) is 3. The minimum absolute atomic E-state index is 0.00793. The van der Waals surface area contributed by atoms with E-state index in [1.54, 1.807) is 66.7 Å². The van der Waals surface area contributed by atoms with Gasteiger partial charge in [0.05, 0.1) is 22.4 Å². The number of hydrogen-bond donors (Lipinski definition) is 4. The van der Waals surface area contributed by atoms with Crippen molar-refractivity contribution >= 4 is 64.5 Å². The van der Waals surface area contributed by atoms with Gasteiger partial charge in [0.25, 0.3) is 11.8 Å². The third kappa shape index (κ3) is 9.23. The number of ether oxygens (including phenoxy) is 1. The Morgan fingerprint density at radius 3 is 2.30 bits per heavy atom. The van der Waals surface area contributed by atoms with Gasteiger partial charge in [-0.1, -0.05) is 61.0 Å². The first kappa shape index (κ1) is 33.8. The summed E-state index contributed by atoms with van der Waals surface area (Å²) >= 11 is 7.24. The van der Waals surface area contributed by atoms with Gasteiger partial charge in [-0.3, -0.25) is 14.4 Å². The smallest absolute Gasteiger partial charge is 0.337 e. The van der Waals surface area contributed by atoms with Crippen molar-refractivity contribution in [1.82, 2.24) is 5.32 Å². The van der Waals surface area contributed by atoms with Crippen LogP contribution in [0.4, 0.5) is 11.4 Å². The molecule has 0 bridgehead atoms. The van der Waals surface area contributed by atoms with Gasteiger partial charge in [-0.2, -0.15) is 0 Å². The van der Waals surface area contributed by atoms with E-state index in [0.29, 0.717) is 46.2 Å². The first-order valence-corrected chi connectivity index (χ1v) is 15.7. The normalized spacial score (nSPS) is 11.7. The molecule has 4 N–H and O–H groups in total. The number of carboxylic acid groups (broad SMARTS) is 1. The van der Waals surface area contributed by atoms with Gasteiger partial charge < -0.3 is 25.8 Å². The molecular formula is C35H32ClN3O6S. The first-order chi connectivity index (χ1) is 22.2. The minimum Gasteiger partial charge on any atom is -0.493 e. The van der Waals surface area contributed by atoms with E-state index in [9.17, 15) is 24.3 Å². The van der Waals surface area contributed by atoms with Gasteiger partial charge in [-0.15, -0.1) is 11.8 Å². The molecule has 0 saturated carbocycles. The predicted octanol–water partition coefficient (Wildman–Crippen LogP) is 7.36. The third-order valence-electron chi connectivity index (χ3n) is 6.55. The molecule has 0 radical (unpaired) electrons. The molecule has 0 aliphatic heterocycles. The molecule has 0 saturated heterocycles. The molecule has 0 spiro atoms. The Hall–Kier alpha value is -5.06. The van der Waals surface area contributed by atoms with Crippen LogP contribution in [-0.4, -0.2) is 40.7 Å². The van der Waals surface area contributed by atoms with Crippen molar-refractivity contribution in [3.05, 3.63) is 124 Å². The highest BCUT2D eigenvalue weighted by atomic mass is 35.5. The van der Waals surface area contributed by atoms with Crippen molar-refractivity contribution in [2.45, 2.75) is 30.4 Å². The monoisotopic (exact) mass is 657 g/mol. The molecule has 46 heavy (non-hydrogen) atoms. The lowest BCUT2D eigenvalue weighted by Gasteiger charge is -2.16. The van der Waals surface area contributed by atoms with Gasteiger partial charge in [0, 0.05) is 27.4 Å². The van der Waals surface area contributed by atoms with E-state index in [2.05, 4.69) is 16.0 Å². The quantitative estimate of drug-likeness (QED) is 0.0872. The molecule has 3 amide bonds. The summed E-state index contributed by atoms with van der Waals surface area (Å²) in [6, 6.07) is 27.0. The van der Waals surface area contributed by atoms with Crippen LogP contribution in [0.1, 0.15) is 46.5 Å². The van der Waals surface area contributed by atoms with Crippen LogP contribution in [0, 0.1) is 0 Å². The Morgan fingerprint density at radius 1 is 0.870 bits per heavy atom. The summed E-state index contributed by atoms with van der Waals surface area (Å²) in [5, 5.41) is 17.2. The Bertz CT molecular complexity index is 1760. The van der Waals surface area contributed by atoms with Gasteiger partial charge in [-0.25, -0.2) is 4.79 Å². The summed E-state index contributed by atoms with van der Waals surface area (Å²) in [5.74, 6) is -1.96.